The van der Waals surface area contributed by atoms with Crippen LogP contribution in [0.5, 0.6) is 5.88 Å². The summed E-state index contributed by atoms with van der Waals surface area (Å²) in [6.07, 6.45) is 0.641. The number of benzene rings is 3. The molecule has 3 heteroatoms. The Labute approximate surface area is 171 Å². The van der Waals surface area contributed by atoms with Gasteiger partial charge in [-0.2, -0.15) is 4.98 Å². The summed E-state index contributed by atoms with van der Waals surface area (Å²) in [6.45, 7) is 4.41. The van der Waals surface area contributed by atoms with Crippen molar-refractivity contribution in [2.24, 2.45) is 0 Å². The second-order valence-electron chi connectivity index (χ2n) is 7.56. The highest BCUT2D eigenvalue weighted by atomic mass is 16.3. The maximum absolute atomic E-state index is 10.0. The van der Waals surface area contributed by atoms with Crippen LogP contribution in [0.15, 0.2) is 84.9 Å². The third-order valence-electron chi connectivity index (χ3n) is 5.05. The van der Waals surface area contributed by atoms with Crippen molar-refractivity contribution in [1.29, 1.82) is 0 Å². The monoisotopic (exact) mass is 380 g/mol. The molecule has 0 radical (unpaired) electrons. The van der Waals surface area contributed by atoms with Crippen LogP contribution in [0.4, 0.5) is 0 Å². The molecule has 0 saturated carbocycles. The summed E-state index contributed by atoms with van der Waals surface area (Å²) < 4.78 is 0. The van der Waals surface area contributed by atoms with Crippen molar-refractivity contribution in [1.82, 2.24) is 9.97 Å². The third-order valence-corrected chi connectivity index (χ3v) is 5.05. The highest BCUT2D eigenvalue weighted by molar-refractivity contribution is 5.64. The topological polar surface area (TPSA) is 46.0 Å². The van der Waals surface area contributed by atoms with E-state index in [9.17, 15) is 5.11 Å². The van der Waals surface area contributed by atoms with E-state index >= 15 is 0 Å². The van der Waals surface area contributed by atoms with Crippen molar-refractivity contribution in [3.8, 4) is 28.4 Å². The quantitative estimate of drug-likeness (QED) is 0.446. The average Bonchev–Trinajstić information content (AvgIpc) is 2.74. The lowest BCUT2D eigenvalue weighted by Crippen LogP contribution is -1.97. The Balaban J connectivity index is 1.54. The first-order valence-electron chi connectivity index (χ1n) is 9.90. The molecule has 0 bridgehead atoms. The molecule has 29 heavy (non-hydrogen) atoms. The number of rotatable bonds is 5. The fraction of sp³-hybridized carbons (Fsp3) is 0.154. The highest BCUT2D eigenvalue weighted by Gasteiger charge is 2.08. The van der Waals surface area contributed by atoms with E-state index in [1.165, 1.54) is 16.7 Å². The molecular formula is C26H24N2O. The Hall–Kier alpha value is -3.46. The zero-order valence-corrected chi connectivity index (χ0v) is 16.7. The smallest absolute Gasteiger partial charge is 0.214 e. The van der Waals surface area contributed by atoms with Gasteiger partial charge in [-0.15, -0.1) is 0 Å². The summed E-state index contributed by atoms with van der Waals surface area (Å²) in [7, 11) is 0. The lowest BCUT2D eigenvalue weighted by Gasteiger charge is -2.09. The van der Waals surface area contributed by atoms with Gasteiger partial charge >= 0.3 is 0 Å². The molecule has 3 aromatic carbocycles. The zero-order chi connectivity index (χ0) is 20.2. The van der Waals surface area contributed by atoms with E-state index in [1.807, 2.05) is 30.3 Å². The highest BCUT2D eigenvalue weighted by Crippen LogP contribution is 2.24. The van der Waals surface area contributed by atoms with Crippen molar-refractivity contribution in [3.63, 3.8) is 0 Å². The second kappa shape index (κ2) is 8.27. The molecule has 0 aliphatic rings. The summed E-state index contributed by atoms with van der Waals surface area (Å²) in [5.74, 6) is 1.08. The van der Waals surface area contributed by atoms with Gasteiger partial charge in [-0.05, 0) is 28.2 Å². The first kappa shape index (κ1) is 18.9. The van der Waals surface area contributed by atoms with Crippen LogP contribution in [0.25, 0.3) is 22.5 Å². The standard InChI is InChI=1S/C26H24N2O/c1-18(2)20-12-14-22(15-13-20)21-10-8-19(9-11-21)16-24-17-25(29)28-26(27-24)23-6-4-3-5-7-23/h3-15,17-18H,16H2,1-2H3,(H,27,28,29). The van der Waals surface area contributed by atoms with Crippen LogP contribution in [-0.2, 0) is 6.42 Å². The minimum absolute atomic E-state index is 0.00397. The molecule has 0 saturated heterocycles. The lowest BCUT2D eigenvalue weighted by atomic mass is 9.98. The Bertz CT molecular complexity index is 1090. The third kappa shape index (κ3) is 4.52. The van der Waals surface area contributed by atoms with Crippen molar-refractivity contribution < 1.29 is 5.11 Å². The van der Waals surface area contributed by atoms with Gasteiger partial charge < -0.3 is 5.11 Å². The average molecular weight is 380 g/mol. The van der Waals surface area contributed by atoms with Gasteiger partial charge in [0.15, 0.2) is 5.82 Å². The molecule has 0 fully saturated rings. The van der Waals surface area contributed by atoms with Crippen LogP contribution in [0.3, 0.4) is 0 Å². The molecule has 0 amide bonds. The van der Waals surface area contributed by atoms with Crippen LogP contribution >= 0.6 is 0 Å². The molecule has 1 heterocycles. The summed E-state index contributed by atoms with van der Waals surface area (Å²) in [5, 5.41) is 10.0. The molecule has 4 aromatic rings. The minimum atomic E-state index is -0.00397. The number of nitrogens with zero attached hydrogens (tertiary/aromatic N) is 2. The van der Waals surface area contributed by atoms with E-state index in [1.54, 1.807) is 6.07 Å². The molecule has 3 nitrogen and oxygen atoms in total. The second-order valence-corrected chi connectivity index (χ2v) is 7.56. The van der Waals surface area contributed by atoms with E-state index in [-0.39, 0.29) is 5.88 Å². The summed E-state index contributed by atoms with van der Waals surface area (Å²) in [6, 6.07) is 28.6. The minimum Gasteiger partial charge on any atom is -0.493 e. The van der Waals surface area contributed by atoms with Gasteiger partial charge in [0.2, 0.25) is 5.88 Å². The van der Waals surface area contributed by atoms with E-state index in [0.29, 0.717) is 18.2 Å². The van der Waals surface area contributed by atoms with Crippen molar-refractivity contribution >= 4 is 0 Å². The van der Waals surface area contributed by atoms with E-state index in [0.717, 1.165) is 16.8 Å². The summed E-state index contributed by atoms with van der Waals surface area (Å²) >= 11 is 0. The number of hydrogen-bond donors (Lipinski definition) is 1. The fourth-order valence-electron chi connectivity index (χ4n) is 3.37. The first-order valence-corrected chi connectivity index (χ1v) is 9.90. The van der Waals surface area contributed by atoms with Gasteiger partial charge in [-0.1, -0.05) is 92.7 Å². The summed E-state index contributed by atoms with van der Waals surface area (Å²) in [5.41, 5.74) is 6.59. The van der Waals surface area contributed by atoms with Gasteiger partial charge in [0.25, 0.3) is 0 Å². The Morgan fingerprint density at radius 2 is 1.34 bits per heavy atom. The predicted octanol–water partition coefficient (Wildman–Crippen LogP) is 6.23. The van der Waals surface area contributed by atoms with Gasteiger partial charge in [0.1, 0.15) is 0 Å². The normalized spacial score (nSPS) is 11.0. The van der Waals surface area contributed by atoms with Crippen LogP contribution in [-0.4, -0.2) is 15.1 Å². The fourth-order valence-corrected chi connectivity index (χ4v) is 3.37. The molecule has 0 aliphatic carbocycles. The van der Waals surface area contributed by atoms with Crippen LogP contribution in [0, 0.1) is 0 Å². The number of aromatic nitrogens is 2. The summed E-state index contributed by atoms with van der Waals surface area (Å²) in [4.78, 5) is 8.80. The Morgan fingerprint density at radius 1 is 0.724 bits per heavy atom. The van der Waals surface area contributed by atoms with Crippen molar-refractivity contribution in [2.75, 3.05) is 0 Å². The maximum atomic E-state index is 10.0. The Morgan fingerprint density at radius 3 is 1.97 bits per heavy atom. The number of aromatic hydroxyl groups is 1. The van der Waals surface area contributed by atoms with Crippen LogP contribution in [0.1, 0.15) is 36.6 Å². The van der Waals surface area contributed by atoms with Gasteiger partial charge in [0, 0.05) is 18.1 Å². The first-order chi connectivity index (χ1) is 14.1. The largest absolute Gasteiger partial charge is 0.493 e. The van der Waals surface area contributed by atoms with E-state index in [4.69, 9.17) is 0 Å². The molecule has 0 unspecified atom stereocenters. The van der Waals surface area contributed by atoms with E-state index in [2.05, 4.69) is 72.3 Å². The van der Waals surface area contributed by atoms with Crippen LogP contribution in [0.2, 0.25) is 0 Å². The van der Waals surface area contributed by atoms with Gasteiger partial charge in [-0.25, -0.2) is 4.98 Å². The van der Waals surface area contributed by atoms with Gasteiger partial charge in [-0.3, -0.25) is 0 Å². The number of hydrogen-bond acceptors (Lipinski definition) is 3. The lowest BCUT2D eigenvalue weighted by molar-refractivity contribution is 0.452. The Kier molecular flexibility index (Phi) is 5.39. The molecule has 4 rings (SSSR count). The van der Waals surface area contributed by atoms with Gasteiger partial charge in [0.05, 0.1) is 5.69 Å². The molecular weight excluding hydrogens is 356 g/mol. The molecule has 144 valence electrons. The molecule has 1 aromatic heterocycles. The molecule has 0 atom stereocenters. The maximum Gasteiger partial charge on any atom is 0.214 e. The zero-order valence-electron chi connectivity index (χ0n) is 16.7. The SMILES string of the molecule is CC(C)c1ccc(-c2ccc(Cc3cc(O)nc(-c4ccccc4)n3)cc2)cc1. The molecule has 0 spiro atoms. The molecule has 1 N–H and O–H groups in total. The van der Waals surface area contributed by atoms with E-state index < -0.39 is 0 Å². The molecule has 0 aliphatic heterocycles. The van der Waals surface area contributed by atoms with Crippen LogP contribution < -0.4 is 0 Å². The van der Waals surface area contributed by atoms with Crippen molar-refractivity contribution in [2.45, 2.75) is 26.2 Å². The van der Waals surface area contributed by atoms with Crippen molar-refractivity contribution in [3.05, 3.63) is 102 Å². The predicted molar refractivity (Wildman–Crippen MR) is 118 cm³/mol.